The van der Waals surface area contributed by atoms with Crippen LogP contribution in [0.15, 0.2) is 16.8 Å². The van der Waals surface area contributed by atoms with Crippen LogP contribution in [0.4, 0.5) is 0 Å². The number of nitrogens with one attached hydrogen (secondary N) is 1. The summed E-state index contributed by atoms with van der Waals surface area (Å²) in [5, 5.41) is 20.7. The van der Waals surface area contributed by atoms with Gasteiger partial charge in [0.2, 0.25) is 5.91 Å². The molecule has 1 amide bonds. The van der Waals surface area contributed by atoms with Gasteiger partial charge in [0.1, 0.15) is 28.5 Å². The molecule has 0 spiro atoms. The molecule has 7 nitrogen and oxygen atoms in total. The zero-order chi connectivity index (χ0) is 14.5. The van der Waals surface area contributed by atoms with E-state index >= 15 is 0 Å². The Morgan fingerprint density at radius 1 is 1.35 bits per heavy atom. The summed E-state index contributed by atoms with van der Waals surface area (Å²) in [7, 11) is 0. The Balaban J connectivity index is 2.16. The lowest BCUT2D eigenvalue weighted by Gasteiger charge is -2.42. The van der Waals surface area contributed by atoms with Gasteiger partial charge in [0.25, 0.3) is 0 Å². The van der Waals surface area contributed by atoms with Gasteiger partial charge in [0.05, 0.1) is 6.04 Å². The quantitative estimate of drug-likeness (QED) is 0.804. The minimum absolute atomic E-state index is 0.226. The third-order valence-corrected chi connectivity index (χ3v) is 3.48. The normalized spacial score (nSPS) is 24.0. The fraction of sp³-hybridized carbons (Fsp3) is 0.462. The van der Waals surface area contributed by atoms with Crippen molar-refractivity contribution in [3.05, 3.63) is 17.7 Å². The Kier molecular flexibility index (Phi) is 2.68. The van der Waals surface area contributed by atoms with Crippen molar-refractivity contribution in [2.24, 2.45) is 0 Å². The van der Waals surface area contributed by atoms with E-state index in [2.05, 4.69) is 20.3 Å². The minimum Gasteiger partial charge on any atom is -0.485 e. The molecular formula is C13H15N3O4. The highest BCUT2D eigenvalue weighted by Gasteiger charge is 2.43. The number of hydrogen-bond acceptors (Lipinski definition) is 6. The van der Waals surface area contributed by atoms with E-state index in [1.54, 1.807) is 26.0 Å². The number of hydrogen-bond donors (Lipinski definition) is 2. The molecule has 2 unspecified atom stereocenters. The lowest BCUT2D eigenvalue weighted by Crippen LogP contribution is -2.53. The van der Waals surface area contributed by atoms with Gasteiger partial charge in [-0.05, 0) is 30.2 Å². The van der Waals surface area contributed by atoms with Crippen LogP contribution < -0.4 is 10.1 Å². The van der Waals surface area contributed by atoms with Gasteiger partial charge in [-0.2, -0.15) is 0 Å². The summed E-state index contributed by atoms with van der Waals surface area (Å²) in [6.45, 7) is 4.94. The SMILES string of the molecule is CC(=O)NC1c2cc3nonc3cc2OC(C)(C)C1O. The maximum Gasteiger partial charge on any atom is 0.217 e. The van der Waals surface area contributed by atoms with E-state index in [9.17, 15) is 9.90 Å². The summed E-state index contributed by atoms with van der Waals surface area (Å²) in [6, 6.07) is 2.84. The number of aliphatic hydroxyl groups excluding tert-OH is 1. The van der Waals surface area contributed by atoms with Gasteiger partial charge in [-0.15, -0.1) is 0 Å². The Bertz CT molecular complexity index is 679. The first-order chi connectivity index (χ1) is 9.38. The fourth-order valence-electron chi connectivity index (χ4n) is 2.45. The molecule has 2 N–H and O–H groups in total. The van der Waals surface area contributed by atoms with Crippen molar-refractivity contribution >= 4 is 16.9 Å². The third-order valence-electron chi connectivity index (χ3n) is 3.48. The molecule has 1 aliphatic heterocycles. The number of nitrogens with zero attached hydrogens (tertiary/aromatic N) is 2. The zero-order valence-electron chi connectivity index (χ0n) is 11.4. The summed E-state index contributed by atoms with van der Waals surface area (Å²) in [6.07, 6.45) is -0.879. The zero-order valence-corrected chi connectivity index (χ0v) is 11.4. The number of benzene rings is 1. The fourth-order valence-corrected chi connectivity index (χ4v) is 2.45. The number of rotatable bonds is 1. The van der Waals surface area contributed by atoms with Gasteiger partial charge in [-0.3, -0.25) is 4.79 Å². The average molecular weight is 277 g/mol. The van der Waals surface area contributed by atoms with Crippen LogP contribution >= 0.6 is 0 Å². The van der Waals surface area contributed by atoms with Crippen molar-refractivity contribution in [3.63, 3.8) is 0 Å². The molecule has 2 atom stereocenters. The Morgan fingerprint density at radius 3 is 2.65 bits per heavy atom. The molecule has 0 saturated carbocycles. The molecule has 0 aliphatic carbocycles. The molecular weight excluding hydrogens is 262 g/mol. The van der Waals surface area contributed by atoms with Gasteiger partial charge < -0.3 is 15.2 Å². The van der Waals surface area contributed by atoms with Crippen LogP contribution in [0.25, 0.3) is 11.0 Å². The van der Waals surface area contributed by atoms with Crippen LogP contribution in [0.3, 0.4) is 0 Å². The second kappa shape index (κ2) is 4.17. The maximum atomic E-state index is 11.4. The van der Waals surface area contributed by atoms with E-state index in [0.29, 0.717) is 22.3 Å². The highest BCUT2D eigenvalue weighted by molar-refractivity contribution is 5.78. The molecule has 3 rings (SSSR count). The van der Waals surface area contributed by atoms with Crippen molar-refractivity contribution in [1.29, 1.82) is 0 Å². The van der Waals surface area contributed by atoms with Crippen molar-refractivity contribution in [2.45, 2.75) is 38.5 Å². The van der Waals surface area contributed by atoms with Crippen molar-refractivity contribution in [1.82, 2.24) is 15.6 Å². The van der Waals surface area contributed by atoms with E-state index in [0.717, 1.165) is 0 Å². The highest BCUT2D eigenvalue weighted by Crippen LogP contribution is 2.41. The molecule has 0 saturated heterocycles. The van der Waals surface area contributed by atoms with Crippen LogP contribution in [-0.2, 0) is 4.79 Å². The molecule has 0 bridgehead atoms. The van der Waals surface area contributed by atoms with Crippen LogP contribution in [0.5, 0.6) is 5.75 Å². The molecule has 0 radical (unpaired) electrons. The second-order valence-electron chi connectivity index (χ2n) is 5.47. The van der Waals surface area contributed by atoms with Gasteiger partial charge in [-0.25, -0.2) is 4.63 Å². The first-order valence-electron chi connectivity index (χ1n) is 6.29. The molecule has 20 heavy (non-hydrogen) atoms. The summed E-state index contributed by atoms with van der Waals surface area (Å²) in [5.74, 6) is 0.332. The van der Waals surface area contributed by atoms with E-state index in [4.69, 9.17) is 4.74 Å². The van der Waals surface area contributed by atoms with E-state index in [-0.39, 0.29) is 5.91 Å². The molecule has 7 heteroatoms. The molecule has 0 fully saturated rings. The molecule has 1 aromatic carbocycles. The lowest BCUT2D eigenvalue weighted by molar-refractivity contribution is -0.123. The van der Waals surface area contributed by atoms with Gasteiger partial charge >= 0.3 is 0 Å². The van der Waals surface area contributed by atoms with Crippen LogP contribution in [0, 0.1) is 0 Å². The predicted octanol–water partition coefficient (Wildman–Crippen LogP) is 0.932. The Labute approximate surface area is 114 Å². The largest absolute Gasteiger partial charge is 0.485 e. The molecule has 1 aliphatic rings. The number of carbonyl (C=O) groups excluding carboxylic acids is 1. The lowest BCUT2D eigenvalue weighted by atomic mass is 9.86. The standard InChI is InChI=1S/C13H15N3O4/c1-6(17)14-11-7-4-8-9(16-20-15-8)5-10(7)19-13(2,3)12(11)18/h4-5,11-12,18H,1-3H3,(H,14,17). The van der Waals surface area contributed by atoms with E-state index in [1.807, 2.05) is 0 Å². The molecule has 1 aromatic heterocycles. The predicted molar refractivity (Wildman–Crippen MR) is 69.1 cm³/mol. The summed E-state index contributed by atoms with van der Waals surface area (Å²) in [4.78, 5) is 11.4. The smallest absolute Gasteiger partial charge is 0.217 e. The summed E-state index contributed by atoms with van der Waals surface area (Å²) in [5.41, 5.74) is 0.952. The number of aromatic nitrogens is 2. The first-order valence-corrected chi connectivity index (χ1v) is 6.29. The number of aliphatic hydroxyl groups is 1. The van der Waals surface area contributed by atoms with Crippen molar-refractivity contribution < 1.29 is 19.3 Å². The average Bonchev–Trinajstić information content (AvgIpc) is 2.79. The first kappa shape index (κ1) is 12.9. The van der Waals surface area contributed by atoms with Gasteiger partial charge in [0, 0.05) is 18.6 Å². The minimum atomic E-state index is -0.879. The highest BCUT2D eigenvalue weighted by atomic mass is 16.6. The van der Waals surface area contributed by atoms with Gasteiger partial charge in [0.15, 0.2) is 0 Å². The maximum absolute atomic E-state index is 11.4. The molecule has 2 aromatic rings. The number of carbonyl (C=O) groups is 1. The third kappa shape index (κ3) is 1.90. The topological polar surface area (TPSA) is 97.5 Å². The molecule has 2 heterocycles. The summed E-state index contributed by atoms with van der Waals surface area (Å²) >= 11 is 0. The molecule has 106 valence electrons. The number of fused-ring (bicyclic) bond motifs is 2. The second-order valence-corrected chi connectivity index (χ2v) is 5.47. The van der Waals surface area contributed by atoms with Gasteiger partial charge in [-0.1, -0.05) is 0 Å². The summed E-state index contributed by atoms with van der Waals surface area (Å²) < 4.78 is 10.5. The van der Waals surface area contributed by atoms with Crippen LogP contribution in [0.2, 0.25) is 0 Å². The Morgan fingerprint density at radius 2 is 2.00 bits per heavy atom. The van der Waals surface area contributed by atoms with Crippen LogP contribution in [-0.4, -0.2) is 33.0 Å². The van der Waals surface area contributed by atoms with Crippen LogP contribution in [0.1, 0.15) is 32.4 Å². The van der Waals surface area contributed by atoms with Crippen molar-refractivity contribution in [2.75, 3.05) is 0 Å². The van der Waals surface area contributed by atoms with Crippen molar-refractivity contribution in [3.8, 4) is 5.75 Å². The number of amides is 1. The Hall–Kier alpha value is -2.15. The number of ether oxygens (including phenoxy) is 1. The van der Waals surface area contributed by atoms with E-state index in [1.165, 1.54) is 6.92 Å². The monoisotopic (exact) mass is 277 g/mol. The van der Waals surface area contributed by atoms with E-state index < -0.39 is 17.7 Å².